The Balaban J connectivity index is 1.91. The lowest BCUT2D eigenvalue weighted by Gasteiger charge is -2.39. The fraction of sp³-hybridized carbons (Fsp3) is 0.625. The Morgan fingerprint density at radius 2 is 1.89 bits per heavy atom. The van der Waals surface area contributed by atoms with E-state index in [9.17, 15) is 8.78 Å². The lowest BCUT2D eigenvalue weighted by Crippen LogP contribution is -2.43. The zero-order chi connectivity index (χ0) is 13.9. The largest absolute Gasteiger partial charge is 0.309 e. The summed E-state index contributed by atoms with van der Waals surface area (Å²) >= 11 is 0. The number of halogens is 2. The first-order chi connectivity index (χ1) is 8.99. The van der Waals surface area contributed by atoms with Crippen LogP contribution in [0.15, 0.2) is 24.3 Å². The van der Waals surface area contributed by atoms with Crippen LogP contribution in [0.1, 0.15) is 57.1 Å². The van der Waals surface area contributed by atoms with Gasteiger partial charge in [0.25, 0.3) is 6.43 Å². The molecule has 0 aromatic heterocycles. The average Bonchev–Trinajstić information content (AvgIpc) is 2.37. The van der Waals surface area contributed by atoms with Gasteiger partial charge >= 0.3 is 0 Å². The fourth-order valence-corrected chi connectivity index (χ4v) is 2.89. The maximum Gasteiger partial charge on any atom is 0.263 e. The number of rotatable bonds is 4. The van der Waals surface area contributed by atoms with Gasteiger partial charge in [0.15, 0.2) is 0 Å². The third-order valence-corrected chi connectivity index (χ3v) is 4.29. The molecule has 106 valence electrons. The van der Waals surface area contributed by atoms with Crippen LogP contribution in [0.4, 0.5) is 8.78 Å². The first-order valence-electron chi connectivity index (χ1n) is 7.09. The minimum Gasteiger partial charge on any atom is -0.309 e. The second-order valence-corrected chi connectivity index (χ2v) is 6.21. The molecule has 0 saturated heterocycles. The minimum absolute atomic E-state index is 0.0988. The van der Waals surface area contributed by atoms with Crippen molar-refractivity contribution in [3.63, 3.8) is 0 Å². The first kappa shape index (κ1) is 14.4. The normalized spacial score (nSPS) is 22.7. The summed E-state index contributed by atoms with van der Waals surface area (Å²) in [5.41, 5.74) is 1.51. The fourth-order valence-electron chi connectivity index (χ4n) is 2.89. The summed E-state index contributed by atoms with van der Waals surface area (Å²) in [6.45, 7) is 5.38. The molecule has 0 amide bonds. The molecule has 2 rings (SSSR count). The smallest absolute Gasteiger partial charge is 0.263 e. The topological polar surface area (TPSA) is 12.0 Å². The predicted molar refractivity (Wildman–Crippen MR) is 74.3 cm³/mol. The third kappa shape index (κ3) is 3.75. The van der Waals surface area contributed by atoms with Gasteiger partial charge in [-0.15, -0.1) is 0 Å². The molecular weight excluding hydrogens is 244 g/mol. The number of hydrogen-bond acceptors (Lipinski definition) is 1. The summed E-state index contributed by atoms with van der Waals surface area (Å²) in [4.78, 5) is 0. The van der Waals surface area contributed by atoms with Crippen molar-refractivity contribution in [2.75, 3.05) is 0 Å². The van der Waals surface area contributed by atoms with E-state index in [0.717, 1.165) is 12.1 Å². The van der Waals surface area contributed by atoms with Crippen LogP contribution >= 0.6 is 0 Å². The molecule has 1 N–H and O–H groups in total. The monoisotopic (exact) mass is 267 g/mol. The lowest BCUT2D eigenvalue weighted by molar-refractivity contribution is 0.151. The molecule has 0 radical (unpaired) electrons. The summed E-state index contributed by atoms with van der Waals surface area (Å²) in [5, 5.41) is 3.59. The van der Waals surface area contributed by atoms with Gasteiger partial charge in [0.05, 0.1) is 0 Å². The molecule has 1 fully saturated rings. The van der Waals surface area contributed by atoms with Gasteiger partial charge in [-0.1, -0.05) is 51.0 Å². The molecule has 1 aliphatic rings. The highest BCUT2D eigenvalue weighted by Gasteiger charge is 2.31. The van der Waals surface area contributed by atoms with Gasteiger partial charge < -0.3 is 5.32 Å². The maximum atomic E-state index is 12.5. The predicted octanol–water partition coefficient (Wildman–Crippen LogP) is 4.68. The Bertz CT molecular complexity index is 398. The summed E-state index contributed by atoms with van der Waals surface area (Å²) in [7, 11) is 0. The van der Waals surface area contributed by atoms with Gasteiger partial charge in [-0.05, 0) is 23.8 Å². The van der Waals surface area contributed by atoms with Crippen LogP contribution in [0.5, 0.6) is 0 Å². The molecule has 1 aromatic rings. The summed E-state index contributed by atoms with van der Waals surface area (Å²) in [6, 6.07) is 7.16. The summed E-state index contributed by atoms with van der Waals surface area (Å²) in [5.74, 6) is 0. The van der Waals surface area contributed by atoms with Crippen LogP contribution in [-0.2, 0) is 6.54 Å². The quantitative estimate of drug-likeness (QED) is 0.835. The molecule has 0 bridgehead atoms. The standard InChI is InChI=1S/C16H23F2N/c1-16(2)10-4-3-5-14(16)19-11-12-6-8-13(9-7-12)15(17)18/h6-9,14-15,19H,3-5,10-11H2,1-2H3. The zero-order valence-corrected chi connectivity index (χ0v) is 11.8. The highest BCUT2D eigenvalue weighted by atomic mass is 19.3. The second kappa shape index (κ2) is 6.00. The van der Waals surface area contributed by atoms with Gasteiger partial charge in [-0.25, -0.2) is 8.78 Å². The van der Waals surface area contributed by atoms with Crippen molar-refractivity contribution in [2.45, 2.75) is 58.5 Å². The van der Waals surface area contributed by atoms with E-state index in [-0.39, 0.29) is 5.56 Å². The van der Waals surface area contributed by atoms with Gasteiger partial charge in [0, 0.05) is 18.2 Å². The van der Waals surface area contributed by atoms with Gasteiger partial charge in [0.1, 0.15) is 0 Å². The van der Waals surface area contributed by atoms with Crippen LogP contribution in [0.2, 0.25) is 0 Å². The van der Waals surface area contributed by atoms with Crippen LogP contribution in [0.25, 0.3) is 0 Å². The van der Waals surface area contributed by atoms with Crippen molar-refractivity contribution >= 4 is 0 Å². The molecule has 19 heavy (non-hydrogen) atoms. The van der Waals surface area contributed by atoms with E-state index in [1.807, 2.05) is 0 Å². The Morgan fingerprint density at radius 3 is 2.47 bits per heavy atom. The molecule has 0 aliphatic heterocycles. The van der Waals surface area contributed by atoms with Gasteiger partial charge in [-0.2, -0.15) is 0 Å². The number of hydrogen-bond donors (Lipinski definition) is 1. The van der Waals surface area contributed by atoms with E-state index in [1.165, 1.54) is 37.8 Å². The van der Waals surface area contributed by atoms with E-state index in [1.54, 1.807) is 12.1 Å². The summed E-state index contributed by atoms with van der Waals surface area (Å²) < 4.78 is 24.9. The van der Waals surface area contributed by atoms with Crippen molar-refractivity contribution in [1.82, 2.24) is 5.32 Å². The Hall–Kier alpha value is -0.960. The van der Waals surface area contributed by atoms with Crippen LogP contribution in [0.3, 0.4) is 0 Å². The Labute approximate surface area is 114 Å². The second-order valence-electron chi connectivity index (χ2n) is 6.21. The molecule has 1 nitrogen and oxygen atoms in total. The van der Waals surface area contributed by atoms with Gasteiger partial charge in [-0.3, -0.25) is 0 Å². The van der Waals surface area contributed by atoms with E-state index >= 15 is 0 Å². The number of benzene rings is 1. The number of alkyl halides is 2. The molecule has 3 heteroatoms. The highest BCUT2D eigenvalue weighted by Crippen LogP contribution is 2.35. The minimum atomic E-state index is -2.38. The molecule has 1 aromatic carbocycles. The van der Waals surface area contributed by atoms with Crippen molar-refractivity contribution in [1.29, 1.82) is 0 Å². The average molecular weight is 267 g/mol. The first-order valence-corrected chi connectivity index (χ1v) is 7.09. The van der Waals surface area contributed by atoms with Crippen molar-refractivity contribution in [3.05, 3.63) is 35.4 Å². The Kier molecular flexibility index (Phi) is 4.56. The SMILES string of the molecule is CC1(C)CCCCC1NCc1ccc(C(F)F)cc1. The van der Waals surface area contributed by atoms with Crippen molar-refractivity contribution in [3.8, 4) is 0 Å². The van der Waals surface area contributed by atoms with E-state index in [4.69, 9.17) is 0 Å². The van der Waals surface area contributed by atoms with Gasteiger partial charge in [0.2, 0.25) is 0 Å². The van der Waals surface area contributed by atoms with Crippen LogP contribution < -0.4 is 5.32 Å². The van der Waals surface area contributed by atoms with E-state index in [2.05, 4.69) is 19.2 Å². The summed E-state index contributed by atoms with van der Waals surface area (Å²) in [6.07, 6.45) is 2.69. The lowest BCUT2D eigenvalue weighted by atomic mass is 9.73. The molecule has 1 unspecified atom stereocenters. The molecule has 0 heterocycles. The highest BCUT2D eigenvalue weighted by molar-refractivity contribution is 5.23. The van der Waals surface area contributed by atoms with E-state index in [0.29, 0.717) is 11.5 Å². The molecular formula is C16H23F2N. The molecule has 1 atom stereocenters. The molecule has 0 spiro atoms. The van der Waals surface area contributed by atoms with Crippen LogP contribution in [-0.4, -0.2) is 6.04 Å². The third-order valence-electron chi connectivity index (χ3n) is 4.29. The van der Waals surface area contributed by atoms with Crippen molar-refractivity contribution < 1.29 is 8.78 Å². The van der Waals surface area contributed by atoms with Crippen molar-refractivity contribution in [2.24, 2.45) is 5.41 Å². The Morgan fingerprint density at radius 1 is 1.21 bits per heavy atom. The zero-order valence-electron chi connectivity index (χ0n) is 11.8. The molecule has 1 saturated carbocycles. The maximum absolute atomic E-state index is 12.5. The number of nitrogens with one attached hydrogen (secondary N) is 1. The van der Waals surface area contributed by atoms with E-state index < -0.39 is 6.43 Å². The van der Waals surface area contributed by atoms with Crippen LogP contribution in [0, 0.1) is 5.41 Å². The molecule has 1 aliphatic carbocycles.